The molecular formula is C13H10F3NO. The predicted octanol–water partition coefficient (Wildman–Crippen LogP) is 3.26. The van der Waals surface area contributed by atoms with Crippen molar-refractivity contribution in [3.63, 3.8) is 0 Å². The van der Waals surface area contributed by atoms with Crippen LogP contribution in [0.2, 0.25) is 0 Å². The van der Waals surface area contributed by atoms with E-state index in [9.17, 15) is 13.2 Å². The van der Waals surface area contributed by atoms with Crippen molar-refractivity contribution >= 4 is 0 Å². The van der Waals surface area contributed by atoms with Crippen LogP contribution in [0.25, 0.3) is 11.1 Å². The Labute approximate surface area is 102 Å². The molecule has 1 heterocycles. The quantitative estimate of drug-likeness (QED) is 0.891. The number of hydrogen-bond donors (Lipinski definition) is 1. The molecule has 2 aromatic rings. The lowest BCUT2D eigenvalue weighted by molar-refractivity contribution is -0.137. The highest BCUT2D eigenvalue weighted by Gasteiger charge is 2.29. The molecule has 0 aliphatic carbocycles. The van der Waals surface area contributed by atoms with Crippen LogP contribution in [-0.2, 0) is 12.8 Å². The second-order valence-corrected chi connectivity index (χ2v) is 3.77. The highest BCUT2D eigenvalue weighted by Crippen LogP contribution is 2.31. The minimum Gasteiger partial charge on any atom is -0.392 e. The van der Waals surface area contributed by atoms with E-state index in [-0.39, 0.29) is 6.61 Å². The fourth-order valence-corrected chi connectivity index (χ4v) is 1.66. The molecule has 0 saturated heterocycles. The molecule has 0 bridgehead atoms. The Morgan fingerprint density at radius 3 is 2.28 bits per heavy atom. The molecule has 1 aromatic heterocycles. The van der Waals surface area contributed by atoms with Crippen molar-refractivity contribution in [3.05, 3.63) is 53.9 Å². The minimum atomic E-state index is -4.34. The fraction of sp³-hybridized carbons (Fsp3) is 0.154. The summed E-state index contributed by atoms with van der Waals surface area (Å²) in [5.74, 6) is 0. The lowest BCUT2D eigenvalue weighted by Crippen LogP contribution is -2.04. The van der Waals surface area contributed by atoms with Gasteiger partial charge in [0.05, 0.1) is 12.2 Å². The molecular weight excluding hydrogens is 243 g/mol. The average Bonchev–Trinajstić information content (AvgIpc) is 2.38. The summed E-state index contributed by atoms with van der Waals surface area (Å²) in [6, 6.07) is 6.41. The standard InChI is InChI=1S/C13H10F3NO/c14-13(15,16)11-3-1-9(2-4-11)12-7-17-6-5-10(12)8-18/h1-7,18H,8H2. The van der Waals surface area contributed by atoms with Crippen molar-refractivity contribution in [2.24, 2.45) is 0 Å². The van der Waals surface area contributed by atoms with Crippen LogP contribution in [0.3, 0.4) is 0 Å². The molecule has 0 fully saturated rings. The molecule has 0 saturated carbocycles. The maximum Gasteiger partial charge on any atom is 0.416 e. The molecule has 1 aromatic carbocycles. The van der Waals surface area contributed by atoms with Gasteiger partial charge in [-0.25, -0.2) is 0 Å². The SMILES string of the molecule is OCc1ccncc1-c1ccc(C(F)(F)F)cc1. The summed E-state index contributed by atoms with van der Waals surface area (Å²) in [5.41, 5.74) is 1.17. The van der Waals surface area contributed by atoms with E-state index in [1.54, 1.807) is 6.07 Å². The summed E-state index contributed by atoms with van der Waals surface area (Å²) in [6.07, 6.45) is -1.29. The lowest BCUT2D eigenvalue weighted by atomic mass is 10.0. The number of aliphatic hydroxyl groups excluding tert-OH is 1. The molecule has 18 heavy (non-hydrogen) atoms. The Balaban J connectivity index is 2.41. The number of aliphatic hydroxyl groups is 1. The molecule has 0 atom stereocenters. The van der Waals surface area contributed by atoms with Crippen LogP contribution in [-0.4, -0.2) is 10.1 Å². The van der Waals surface area contributed by atoms with Gasteiger partial charge in [-0.1, -0.05) is 12.1 Å². The van der Waals surface area contributed by atoms with Crippen molar-refractivity contribution in [1.29, 1.82) is 0 Å². The summed E-state index contributed by atoms with van der Waals surface area (Å²) in [7, 11) is 0. The van der Waals surface area contributed by atoms with Gasteiger partial charge in [-0.3, -0.25) is 4.98 Å². The zero-order chi connectivity index (χ0) is 13.2. The van der Waals surface area contributed by atoms with Gasteiger partial charge in [0.25, 0.3) is 0 Å². The van der Waals surface area contributed by atoms with E-state index >= 15 is 0 Å². The van der Waals surface area contributed by atoms with Crippen LogP contribution in [0.4, 0.5) is 13.2 Å². The molecule has 0 radical (unpaired) electrons. The van der Waals surface area contributed by atoms with Gasteiger partial charge in [0, 0.05) is 18.0 Å². The van der Waals surface area contributed by atoms with Gasteiger partial charge in [0.2, 0.25) is 0 Å². The number of hydrogen-bond acceptors (Lipinski definition) is 2. The highest BCUT2D eigenvalue weighted by molar-refractivity contribution is 5.66. The second-order valence-electron chi connectivity index (χ2n) is 3.77. The maximum absolute atomic E-state index is 12.4. The Hall–Kier alpha value is -1.88. The van der Waals surface area contributed by atoms with Crippen LogP contribution >= 0.6 is 0 Å². The zero-order valence-corrected chi connectivity index (χ0v) is 9.28. The largest absolute Gasteiger partial charge is 0.416 e. The molecule has 0 aliphatic heterocycles. The average molecular weight is 253 g/mol. The van der Waals surface area contributed by atoms with E-state index in [2.05, 4.69) is 4.98 Å². The van der Waals surface area contributed by atoms with Gasteiger partial charge in [-0.05, 0) is 29.3 Å². The molecule has 94 valence electrons. The third kappa shape index (κ3) is 2.51. The molecule has 1 N–H and O–H groups in total. The minimum absolute atomic E-state index is 0.182. The lowest BCUT2D eigenvalue weighted by Gasteiger charge is -2.09. The molecule has 0 amide bonds. The Morgan fingerprint density at radius 1 is 1.06 bits per heavy atom. The van der Waals surface area contributed by atoms with Gasteiger partial charge in [0.1, 0.15) is 0 Å². The molecule has 5 heteroatoms. The van der Waals surface area contributed by atoms with E-state index in [0.29, 0.717) is 16.7 Å². The van der Waals surface area contributed by atoms with Crippen molar-refractivity contribution < 1.29 is 18.3 Å². The number of pyridine rings is 1. The number of benzene rings is 1. The van der Waals surface area contributed by atoms with Crippen molar-refractivity contribution in [1.82, 2.24) is 4.98 Å². The zero-order valence-electron chi connectivity index (χ0n) is 9.28. The Bertz CT molecular complexity index is 535. The molecule has 0 aliphatic rings. The first-order valence-corrected chi connectivity index (χ1v) is 5.24. The molecule has 2 rings (SSSR count). The van der Waals surface area contributed by atoms with Gasteiger partial charge in [-0.15, -0.1) is 0 Å². The number of rotatable bonds is 2. The number of nitrogens with zero attached hydrogens (tertiary/aromatic N) is 1. The van der Waals surface area contributed by atoms with Gasteiger partial charge in [-0.2, -0.15) is 13.2 Å². The topological polar surface area (TPSA) is 33.1 Å². The van der Waals surface area contributed by atoms with E-state index in [1.165, 1.54) is 24.5 Å². The maximum atomic E-state index is 12.4. The number of halogens is 3. The van der Waals surface area contributed by atoms with Gasteiger partial charge >= 0.3 is 6.18 Å². The number of aromatic nitrogens is 1. The predicted molar refractivity (Wildman–Crippen MR) is 60.6 cm³/mol. The van der Waals surface area contributed by atoms with Crippen molar-refractivity contribution in [2.45, 2.75) is 12.8 Å². The van der Waals surface area contributed by atoms with Crippen LogP contribution < -0.4 is 0 Å². The van der Waals surface area contributed by atoms with Gasteiger partial charge < -0.3 is 5.11 Å². The molecule has 0 spiro atoms. The van der Waals surface area contributed by atoms with E-state index in [4.69, 9.17) is 5.11 Å². The summed E-state index contributed by atoms with van der Waals surface area (Å²) < 4.78 is 37.2. The monoisotopic (exact) mass is 253 g/mol. The highest BCUT2D eigenvalue weighted by atomic mass is 19.4. The number of alkyl halides is 3. The van der Waals surface area contributed by atoms with E-state index < -0.39 is 11.7 Å². The van der Waals surface area contributed by atoms with Crippen molar-refractivity contribution in [2.75, 3.05) is 0 Å². The molecule has 2 nitrogen and oxygen atoms in total. The fourth-order valence-electron chi connectivity index (χ4n) is 1.66. The third-order valence-electron chi connectivity index (χ3n) is 2.60. The summed E-state index contributed by atoms with van der Waals surface area (Å²) in [4.78, 5) is 3.91. The normalized spacial score (nSPS) is 11.6. The Kier molecular flexibility index (Phi) is 3.34. The first-order chi connectivity index (χ1) is 8.52. The van der Waals surface area contributed by atoms with E-state index in [0.717, 1.165) is 12.1 Å². The summed E-state index contributed by atoms with van der Waals surface area (Å²) in [6.45, 7) is -0.182. The van der Waals surface area contributed by atoms with Crippen molar-refractivity contribution in [3.8, 4) is 11.1 Å². The first-order valence-electron chi connectivity index (χ1n) is 5.24. The Morgan fingerprint density at radius 2 is 1.72 bits per heavy atom. The van der Waals surface area contributed by atoms with Crippen LogP contribution in [0, 0.1) is 0 Å². The second kappa shape index (κ2) is 4.78. The van der Waals surface area contributed by atoms with E-state index in [1.807, 2.05) is 0 Å². The molecule has 0 unspecified atom stereocenters. The summed E-state index contributed by atoms with van der Waals surface area (Å²) >= 11 is 0. The van der Waals surface area contributed by atoms with Crippen LogP contribution in [0.15, 0.2) is 42.7 Å². The van der Waals surface area contributed by atoms with Crippen LogP contribution in [0.1, 0.15) is 11.1 Å². The van der Waals surface area contributed by atoms with Crippen LogP contribution in [0.5, 0.6) is 0 Å². The van der Waals surface area contributed by atoms with Gasteiger partial charge in [0.15, 0.2) is 0 Å². The smallest absolute Gasteiger partial charge is 0.392 e. The first kappa shape index (κ1) is 12.6. The summed E-state index contributed by atoms with van der Waals surface area (Å²) in [5, 5.41) is 9.16. The third-order valence-corrected chi connectivity index (χ3v) is 2.60.